The van der Waals surface area contributed by atoms with Crippen molar-refractivity contribution >= 4 is 0 Å². The van der Waals surface area contributed by atoms with Crippen LogP contribution in [0.5, 0.6) is 0 Å². The average molecular weight is 331 g/mol. The molecule has 0 spiro atoms. The van der Waals surface area contributed by atoms with Crippen LogP contribution in [0, 0.1) is 5.41 Å². The molecule has 0 heterocycles. The molecule has 0 aliphatic heterocycles. The fourth-order valence-electron chi connectivity index (χ4n) is 3.38. The van der Waals surface area contributed by atoms with Crippen LogP contribution in [0.2, 0.25) is 0 Å². The van der Waals surface area contributed by atoms with E-state index in [0.29, 0.717) is 6.61 Å². The maximum absolute atomic E-state index is 5.70. The summed E-state index contributed by atoms with van der Waals surface area (Å²) in [5, 5.41) is 0. The topological polar surface area (TPSA) is 36.9 Å². The maximum Gasteiger partial charge on any atom is 0.291 e. The molecule has 0 amide bonds. The SMILES string of the molecule is CC=CC(CCCCCCCC)(CCOC)C(OC)(OC)OC. The van der Waals surface area contributed by atoms with E-state index in [4.69, 9.17) is 18.9 Å². The molecule has 0 aromatic heterocycles. The first-order valence-corrected chi connectivity index (χ1v) is 8.90. The third kappa shape index (κ3) is 6.54. The van der Waals surface area contributed by atoms with Crippen molar-refractivity contribution in [3.05, 3.63) is 12.2 Å². The summed E-state index contributed by atoms with van der Waals surface area (Å²) < 4.78 is 22.4. The molecule has 0 radical (unpaired) electrons. The fourth-order valence-corrected chi connectivity index (χ4v) is 3.38. The van der Waals surface area contributed by atoms with E-state index in [9.17, 15) is 0 Å². The molecule has 0 bridgehead atoms. The summed E-state index contributed by atoms with van der Waals surface area (Å²) in [6, 6.07) is 0. The minimum atomic E-state index is -1.08. The summed E-state index contributed by atoms with van der Waals surface area (Å²) in [6.45, 7) is 4.90. The van der Waals surface area contributed by atoms with E-state index in [-0.39, 0.29) is 5.41 Å². The molecule has 0 rings (SSSR count). The summed E-state index contributed by atoms with van der Waals surface area (Å²) in [5.41, 5.74) is -0.360. The highest BCUT2D eigenvalue weighted by Gasteiger charge is 2.51. The van der Waals surface area contributed by atoms with Gasteiger partial charge in [0, 0.05) is 35.0 Å². The Morgan fingerprint density at radius 3 is 1.83 bits per heavy atom. The molecule has 138 valence electrons. The Labute approximate surface area is 143 Å². The molecule has 0 N–H and O–H groups in total. The summed E-state index contributed by atoms with van der Waals surface area (Å²) in [5.74, 6) is -1.08. The van der Waals surface area contributed by atoms with Crippen LogP contribution in [0.3, 0.4) is 0 Å². The van der Waals surface area contributed by atoms with Crippen molar-refractivity contribution in [1.29, 1.82) is 0 Å². The van der Waals surface area contributed by atoms with Gasteiger partial charge >= 0.3 is 0 Å². The number of unbranched alkanes of at least 4 members (excludes halogenated alkanes) is 5. The van der Waals surface area contributed by atoms with Crippen LogP contribution in [-0.4, -0.2) is 41.0 Å². The average Bonchev–Trinajstić information content (AvgIpc) is 2.58. The quantitative estimate of drug-likeness (QED) is 0.242. The van der Waals surface area contributed by atoms with E-state index >= 15 is 0 Å². The Kier molecular flexibility index (Phi) is 12.7. The lowest BCUT2D eigenvalue weighted by Crippen LogP contribution is -2.52. The van der Waals surface area contributed by atoms with E-state index in [2.05, 4.69) is 19.1 Å². The van der Waals surface area contributed by atoms with Crippen LogP contribution in [0.1, 0.15) is 65.2 Å². The van der Waals surface area contributed by atoms with Crippen LogP contribution in [0.4, 0.5) is 0 Å². The molecule has 1 atom stereocenters. The van der Waals surface area contributed by atoms with Gasteiger partial charge in [0.25, 0.3) is 5.97 Å². The van der Waals surface area contributed by atoms with Crippen molar-refractivity contribution in [1.82, 2.24) is 0 Å². The van der Waals surface area contributed by atoms with E-state index in [1.54, 1.807) is 28.4 Å². The van der Waals surface area contributed by atoms with E-state index in [1.807, 2.05) is 6.92 Å². The fraction of sp³-hybridized carbons (Fsp3) is 0.895. The molecule has 23 heavy (non-hydrogen) atoms. The van der Waals surface area contributed by atoms with Crippen molar-refractivity contribution in [3.8, 4) is 0 Å². The molecule has 0 aromatic carbocycles. The molecule has 4 heteroatoms. The highest BCUT2D eigenvalue weighted by Crippen LogP contribution is 2.45. The maximum atomic E-state index is 5.70. The van der Waals surface area contributed by atoms with Crippen LogP contribution in [-0.2, 0) is 18.9 Å². The molecular formula is C19H38O4. The number of hydrogen-bond acceptors (Lipinski definition) is 4. The lowest BCUT2D eigenvalue weighted by Gasteiger charge is -2.45. The zero-order valence-electron chi connectivity index (χ0n) is 16.2. The van der Waals surface area contributed by atoms with Gasteiger partial charge in [-0.2, -0.15) is 0 Å². The van der Waals surface area contributed by atoms with Crippen molar-refractivity contribution < 1.29 is 18.9 Å². The van der Waals surface area contributed by atoms with E-state index in [0.717, 1.165) is 19.3 Å². The van der Waals surface area contributed by atoms with Crippen LogP contribution in [0.15, 0.2) is 12.2 Å². The normalized spacial score (nSPS) is 15.2. The number of ether oxygens (including phenoxy) is 4. The van der Waals surface area contributed by atoms with Crippen molar-refractivity contribution in [2.75, 3.05) is 35.0 Å². The third-order valence-corrected chi connectivity index (χ3v) is 4.63. The second-order valence-corrected chi connectivity index (χ2v) is 6.09. The molecule has 0 aromatic rings. The molecule has 0 saturated heterocycles. The standard InChI is InChI=1S/C19H38O4/c1-7-9-10-11-12-13-15-18(14-8-2,16-17-20-3)19(21-4,22-5)23-6/h8,14H,7,9-13,15-17H2,1-6H3. The first kappa shape index (κ1) is 22.6. The van der Waals surface area contributed by atoms with Crippen molar-refractivity contribution in [2.24, 2.45) is 5.41 Å². The molecule has 1 unspecified atom stereocenters. The van der Waals surface area contributed by atoms with Gasteiger partial charge in [-0.3, -0.25) is 0 Å². The molecule has 0 saturated carbocycles. The number of rotatable bonds is 15. The Bertz CT molecular complexity index is 291. The second-order valence-electron chi connectivity index (χ2n) is 6.09. The lowest BCUT2D eigenvalue weighted by atomic mass is 9.76. The minimum Gasteiger partial charge on any atom is -0.385 e. The van der Waals surface area contributed by atoms with Gasteiger partial charge in [0.2, 0.25) is 0 Å². The summed E-state index contributed by atoms with van der Waals surface area (Å²) in [4.78, 5) is 0. The highest BCUT2D eigenvalue weighted by molar-refractivity contribution is 5.04. The van der Waals surface area contributed by atoms with Crippen LogP contribution < -0.4 is 0 Å². The largest absolute Gasteiger partial charge is 0.385 e. The van der Waals surface area contributed by atoms with Gasteiger partial charge in [-0.25, -0.2) is 0 Å². The van der Waals surface area contributed by atoms with Gasteiger partial charge in [0.05, 0.1) is 5.41 Å². The first-order chi connectivity index (χ1) is 11.1. The third-order valence-electron chi connectivity index (χ3n) is 4.63. The van der Waals surface area contributed by atoms with Gasteiger partial charge in [-0.05, 0) is 19.8 Å². The van der Waals surface area contributed by atoms with Gasteiger partial charge in [-0.15, -0.1) is 0 Å². The smallest absolute Gasteiger partial charge is 0.291 e. The predicted octanol–water partition coefficient (Wildman–Crippen LogP) is 4.93. The van der Waals surface area contributed by atoms with Gasteiger partial charge in [-0.1, -0.05) is 57.6 Å². The van der Waals surface area contributed by atoms with Crippen molar-refractivity contribution in [3.63, 3.8) is 0 Å². The molecule has 4 nitrogen and oxygen atoms in total. The summed E-state index contributed by atoms with van der Waals surface area (Å²) in [7, 11) is 6.64. The molecule has 0 aliphatic carbocycles. The number of allylic oxidation sites excluding steroid dienone is 1. The number of methoxy groups -OCH3 is 4. The first-order valence-electron chi connectivity index (χ1n) is 8.90. The lowest BCUT2D eigenvalue weighted by molar-refractivity contribution is -0.400. The summed E-state index contributed by atoms with van der Waals surface area (Å²) >= 11 is 0. The van der Waals surface area contributed by atoms with Gasteiger partial charge in [0.1, 0.15) is 0 Å². The predicted molar refractivity (Wildman–Crippen MR) is 95.5 cm³/mol. The Hall–Kier alpha value is -0.420. The van der Waals surface area contributed by atoms with E-state index in [1.165, 1.54) is 32.1 Å². The molecular weight excluding hydrogens is 292 g/mol. The number of hydrogen-bond donors (Lipinski definition) is 0. The van der Waals surface area contributed by atoms with Gasteiger partial charge < -0.3 is 18.9 Å². The Morgan fingerprint density at radius 2 is 1.35 bits per heavy atom. The molecule has 0 aliphatic rings. The van der Waals surface area contributed by atoms with Gasteiger partial charge in [0.15, 0.2) is 0 Å². The zero-order valence-corrected chi connectivity index (χ0v) is 16.2. The summed E-state index contributed by atoms with van der Waals surface area (Å²) in [6.07, 6.45) is 13.5. The molecule has 0 fully saturated rings. The van der Waals surface area contributed by atoms with Crippen molar-refractivity contribution in [2.45, 2.75) is 71.2 Å². The Balaban J connectivity index is 5.09. The van der Waals surface area contributed by atoms with Crippen LogP contribution >= 0.6 is 0 Å². The second kappa shape index (κ2) is 12.9. The zero-order chi connectivity index (χ0) is 17.6. The Morgan fingerprint density at radius 1 is 0.783 bits per heavy atom. The van der Waals surface area contributed by atoms with E-state index < -0.39 is 5.97 Å². The monoisotopic (exact) mass is 330 g/mol. The highest BCUT2D eigenvalue weighted by atomic mass is 16.9. The minimum absolute atomic E-state index is 0.360. The van der Waals surface area contributed by atoms with Crippen LogP contribution in [0.25, 0.3) is 0 Å².